The largest absolute Gasteiger partial charge is 0.497 e. The predicted octanol–water partition coefficient (Wildman–Crippen LogP) is 3.40. The summed E-state index contributed by atoms with van der Waals surface area (Å²) in [7, 11) is -0.992. The third kappa shape index (κ3) is 7.43. The van der Waals surface area contributed by atoms with Crippen LogP contribution in [0.15, 0.2) is 83.8 Å². The second-order valence-corrected chi connectivity index (χ2v) is 11.1. The van der Waals surface area contributed by atoms with Crippen molar-refractivity contribution in [3.8, 4) is 5.75 Å². The number of hydrogen-bond acceptors (Lipinski definition) is 5. The zero-order valence-corrected chi connectivity index (χ0v) is 23.1. The summed E-state index contributed by atoms with van der Waals surface area (Å²) in [6.07, 6.45) is 0.275. The van der Waals surface area contributed by atoms with E-state index in [1.807, 2.05) is 56.3 Å². The Morgan fingerprint density at radius 2 is 1.61 bits per heavy atom. The van der Waals surface area contributed by atoms with Crippen LogP contribution in [0.5, 0.6) is 5.75 Å². The van der Waals surface area contributed by atoms with Gasteiger partial charge in [0, 0.05) is 26.6 Å². The molecule has 0 aromatic heterocycles. The maximum absolute atomic E-state index is 13.8. The first kappa shape index (κ1) is 28.9. The van der Waals surface area contributed by atoms with E-state index in [0.29, 0.717) is 12.3 Å². The molecule has 0 aliphatic rings. The number of rotatable bonds is 12. The zero-order valence-electron chi connectivity index (χ0n) is 22.3. The van der Waals surface area contributed by atoms with E-state index >= 15 is 0 Å². The van der Waals surface area contributed by atoms with Crippen LogP contribution in [0.2, 0.25) is 0 Å². The number of sulfonamides is 1. The third-order valence-electron chi connectivity index (χ3n) is 6.20. The maximum Gasteiger partial charge on any atom is 0.243 e. The molecular formula is C29H35N3O5S. The second kappa shape index (κ2) is 13.2. The van der Waals surface area contributed by atoms with E-state index in [0.717, 1.165) is 21.0 Å². The molecule has 38 heavy (non-hydrogen) atoms. The first-order valence-electron chi connectivity index (χ1n) is 12.4. The molecule has 1 atom stereocenters. The molecule has 0 heterocycles. The first-order valence-corrected chi connectivity index (χ1v) is 13.9. The molecule has 0 aliphatic heterocycles. The summed E-state index contributed by atoms with van der Waals surface area (Å²) in [6, 6.07) is 22.3. The number of methoxy groups -OCH3 is 1. The maximum atomic E-state index is 13.8. The number of nitrogens with one attached hydrogen (secondary N) is 1. The average Bonchev–Trinajstić information content (AvgIpc) is 2.91. The topological polar surface area (TPSA) is 96.0 Å². The van der Waals surface area contributed by atoms with Gasteiger partial charge in [0.25, 0.3) is 0 Å². The third-order valence-corrected chi connectivity index (χ3v) is 8.01. The highest BCUT2D eigenvalue weighted by Gasteiger charge is 2.32. The van der Waals surface area contributed by atoms with E-state index in [1.165, 1.54) is 24.1 Å². The minimum atomic E-state index is -3.92. The van der Waals surface area contributed by atoms with Crippen LogP contribution in [0.4, 0.5) is 0 Å². The van der Waals surface area contributed by atoms with Crippen molar-refractivity contribution in [3.63, 3.8) is 0 Å². The Balaban J connectivity index is 1.96. The van der Waals surface area contributed by atoms with E-state index in [9.17, 15) is 18.0 Å². The number of nitrogens with zero attached hydrogens (tertiary/aromatic N) is 2. The lowest BCUT2D eigenvalue weighted by molar-refractivity contribution is -0.141. The van der Waals surface area contributed by atoms with Crippen LogP contribution in [0.25, 0.3) is 0 Å². The van der Waals surface area contributed by atoms with Gasteiger partial charge in [-0.1, -0.05) is 60.2 Å². The second-order valence-electron chi connectivity index (χ2n) is 9.05. The van der Waals surface area contributed by atoms with Gasteiger partial charge in [0.05, 0.1) is 18.6 Å². The number of aryl methyl sites for hydroxylation is 1. The molecule has 0 saturated heterocycles. The molecule has 0 spiro atoms. The summed E-state index contributed by atoms with van der Waals surface area (Å²) in [6.45, 7) is 3.75. The Morgan fingerprint density at radius 1 is 0.947 bits per heavy atom. The van der Waals surface area contributed by atoms with Crippen LogP contribution in [0, 0.1) is 6.92 Å². The number of benzene rings is 3. The van der Waals surface area contributed by atoms with E-state index in [1.54, 1.807) is 31.4 Å². The number of hydrogen-bond donors (Lipinski definition) is 1. The van der Waals surface area contributed by atoms with Crippen molar-refractivity contribution >= 4 is 21.8 Å². The fourth-order valence-electron chi connectivity index (χ4n) is 4.07. The Hall–Kier alpha value is -3.69. The normalized spacial score (nSPS) is 12.1. The SMILES string of the molecule is CCNC(=O)C(Cc1ccccc1)N(Cc1cccc(OC)c1)C(=O)CN(C)S(=O)(=O)c1ccc(C)cc1. The number of carbonyl (C=O) groups excluding carboxylic acids is 2. The molecule has 0 aliphatic carbocycles. The van der Waals surface area contributed by atoms with Crippen molar-refractivity contribution in [1.82, 2.24) is 14.5 Å². The monoisotopic (exact) mass is 537 g/mol. The van der Waals surface area contributed by atoms with Gasteiger partial charge in [0.15, 0.2) is 0 Å². The molecule has 0 saturated carbocycles. The molecule has 0 radical (unpaired) electrons. The zero-order chi connectivity index (χ0) is 27.7. The van der Waals surface area contributed by atoms with Crippen molar-refractivity contribution in [3.05, 3.63) is 95.6 Å². The van der Waals surface area contributed by atoms with Gasteiger partial charge >= 0.3 is 0 Å². The molecule has 3 aromatic carbocycles. The van der Waals surface area contributed by atoms with Crippen LogP contribution < -0.4 is 10.1 Å². The number of amides is 2. The van der Waals surface area contributed by atoms with Gasteiger partial charge in [-0.25, -0.2) is 8.42 Å². The van der Waals surface area contributed by atoms with Crippen LogP contribution in [-0.4, -0.2) is 62.7 Å². The number of carbonyl (C=O) groups is 2. The summed E-state index contributed by atoms with van der Waals surface area (Å²) in [4.78, 5) is 28.6. The fraction of sp³-hybridized carbons (Fsp3) is 0.310. The van der Waals surface area contributed by atoms with Gasteiger partial charge in [0.2, 0.25) is 21.8 Å². The minimum Gasteiger partial charge on any atom is -0.497 e. The number of likely N-dealkylation sites (N-methyl/N-ethyl adjacent to an activating group) is 2. The van der Waals surface area contributed by atoms with Crippen molar-refractivity contribution in [2.24, 2.45) is 0 Å². The molecule has 9 heteroatoms. The Morgan fingerprint density at radius 3 is 2.24 bits per heavy atom. The van der Waals surface area contributed by atoms with Gasteiger partial charge in [-0.15, -0.1) is 0 Å². The van der Waals surface area contributed by atoms with Gasteiger partial charge < -0.3 is 15.0 Å². The van der Waals surface area contributed by atoms with E-state index in [4.69, 9.17) is 4.74 Å². The summed E-state index contributed by atoms with van der Waals surface area (Å²) >= 11 is 0. The van der Waals surface area contributed by atoms with Gasteiger partial charge in [-0.2, -0.15) is 4.31 Å². The molecule has 3 rings (SSSR count). The van der Waals surface area contributed by atoms with Crippen LogP contribution in [-0.2, 0) is 32.6 Å². The molecule has 0 fully saturated rings. The summed E-state index contributed by atoms with van der Waals surface area (Å²) in [5.74, 6) is -0.179. The highest BCUT2D eigenvalue weighted by atomic mass is 32.2. The van der Waals surface area contributed by atoms with Crippen molar-refractivity contribution in [1.29, 1.82) is 0 Å². The predicted molar refractivity (Wildman–Crippen MR) is 147 cm³/mol. The molecular weight excluding hydrogens is 502 g/mol. The van der Waals surface area contributed by atoms with Gasteiger partial charge in [-0.05, 0) is 49.2 Å². The smallest absolute Gasteiger partial charge is 0.243 e. The van der Waals surface area contributed by atoms with Gasteiger partial charge in [0.1, 0.15) is 11.8 Å². The van der Waals surface area contributed by atoms with Crippen LogP contribution in [0.1, 0.15) is 23.6 Å². The Kier molecular flexibility index (Phi) is 10.0. The first-order chi connectivity index (χ1) is 18.1. The lowest BCUT2D eigenvalue weighted by atomic mass is 10.0. The van der Waals surface area contributed by atoms with Crippen molar-refractivity contribution < 1.29 is 22.7 Å². The average molecular weight is 538 g/mol. The Bertz CT molecular complexity index is 1330. The lowest BCUT2D eigenvalue weighted by Gasteiger charge is -2.32. The molecule has 1 N–H and O–H groups in total. The van der Waals surface area contributed by atoms with Crippen LogP contribution >= 0.6 is 0 Å². The summed E-state index contributed by atoms with van der Waals surface area (Å²) in [5.41, 5.74) is 2.56. The molecule has 2 amide bonds. The summed E-state index contributed by atoms with van der Waals surface area (Å²) in [5, 5.41) is 2.83. The van der Waals surface area contributed by atoms with E-state index < -0.39 is 28.5 Å². The van der Waals surface area contributed by atoms with E-state index in [2.05, 4.69) is 5.32 Å². The van der Waals surface area contributed by atoms with Crippen molar-refractivity contribution in [2.75, 3.05) is 27.2 Å². The molecule has 202 valence electrons. The quantitative estimate of drug-likeness (QED) is 0.382. The van der Waals surface area contributed by atoms with Gasteiger partial charge in [-0.3, -0.25) is 9.59 Å². The summed E-state index contributed by atoms with van der Waals surface area (Å²) < 4.78 is 32.8. The molecule has 8 nitrogen and oxygen atoms in total. The lowest BCUT2D eigenvalue weighted by Crippen LogP contribution is -2.53. The molecule has 1 unspecified atom stereocenters. The standard InChI is InChI=1S/C29H35N3O5S/c1-5-30-29(34)27(19-23-10-7-6-8-11-23)32(20-24-12-9-13-25(18-24)37-4)28(33)21-31(3)38(35,36)26-16-14-22(2)15-17-26/h6-18,27H,5,19-21H2,1-4H3,(H,30,34). The highest BCUT2D eigenvalue weighted by Crippen LogP contribution is 2.20. The van der Waals surface area contributed by atoms with Crippen molar-refractivity contribution in [2.45, 2.75) is 37.8 Å². The molecule has 0 bridgehead atoms. The fourth-order valence-corrected chi connectivity index (χ4v) is 5.19. The highest BCUT2D eigenvalue weighted by molar-refractivity contribution is 7.89. The molecule has 3 aromatic rings. The number of ether oxygens (including phenoxy) is 1. The Labute approximate surface area is 225 Å². The van der Waals surface area contributed by atoms with E-state index in [-0.39, 0.29) is 23.8 Å². The minimum absolute atomic E-state index is 0.0994. The van der Waals surface area contributed by atoms with Crippen LogP contribution in [0.3, 0.4) is 0 Å².